The zero-order valence-electron chi connectivity index (χ0n) is 15.9. The molecular formula is C19H24BrN5O3. The molecule has 0 radical (unpaired) electrons. The van der Waals surface area contributed by atoms with Crippen LogP contribution in [0.5, 0.6) is 0 Å². The zero-order chi connectivity index (χ0) is 19.7. The van der Waals surface area contributed by atoms with Crippen molar-refractivity contribution >= 4 is 21.8 Å². The van der Waals surface area contributed by atoms with E-state index in [0.717, 1.165) is 36.0 Å². The fraction of sp³-hybridized carbons (Fsp3) is 0.579. The highest BCUT2D eigenvalue weighted by Gasteiger charge is 2.35. The summed E-state index contributed by atoms with van der Waals surface area (Å²) in [5.74, 6) is 0.848. The number of piperidine rings is 1. The van der Waals surface area contributed by atoms with Gasteiger partial charge in [0, 0.05) is 49.0 Å². The number of likely N-dealkylation sites (tertiary alicyclic amines) is 1. The van der Waals surface area contributed by atoms with Crippen LogP contribution in [0.25, 0.3) is 0 Å². The molecule has 1 amide bonds. The van der Waals surface area contributed by atoms with Crippen LogP contribution in [-0.4, -0.2) is 56.9 Å². The van der Waals surface area contributed by atoms with Crippen molar-refractivity contribution in [1.29, 1.82) is 0 Å². The van der Waals surface area contributed by atoms with Gasteiger partial charge in [0.15, 0.2) is 0 Å². The average Bonchev–Trinajstić information content (AvgIpc) is 3.49. The van der Waals surface area contributed by atoms with Crippen molar-refractivity contribution in [3.8, 4) is 0 Å². The van der Waals surface area contributed by atoms with Gasteiger partial charge < -0.3 is 9.64 Å². The number of pyridine rings is 1. The van der Waals surface area contributed by atoms with Crippen molar-refractivity contribution in [2.45, 2.75) is 44.2 Å². The van der Waals surface area contributed by atoms with Gasteiger partial charge in [-0.2, -0.15) is 5.10 Å². The molecule has 0 N–H and O–H groups in total. The molecule has 28 heavy (non-hydrogen) atoms. The normalized spacial score (nSPS) is 19.8. The summed E-state index contributed by atoms with van der Waals surface area (Å²) in [6.45, 7) is 2.17. The van der Waals surface area contributed by atoms with Gasteiger partial charge in [-0.25, -0.2) is 9.48 Å². The van der Waals surface area contributed by atoms with Crippen molar-refractivity contribution in [2.24, 2.45) is 0 Å². The maximum absolute atomic E-state index is 12.9. The van der Waals surface area contributed by atoms with E-state index in [9.17, 15) is 9.59 Å². The Kier molecular flexibility index (Phi) is 5.63. The smallest absolute Gasteiger partial charge is 0.346 e. The summed E-state index contributed by atoms with van der Waals surface area (Å²) in [4.78, 5) is 31.7. The monoisotopic (exact) mass is 449 g/mol. The molecule has 1 unspecified atom stereocenters. The van der Waals surface area contributed by atoms with Crippen molar-refractivity contribution < 1.29 is 9.53 Å². The molecule has 2 aliphatic rings. The van der Waals surface area contributed by atoms with Crippen molar-refractivity contribution in [1.82, 2.24) is 24.2 Å². The summed E-state index contributed by atoms with van der Waals surface area (Å²) >= 11 is 3.37. The number of aromatic nitrogens is 4. The number of carbonyl (C=O) groups excluding carboxylic acids is 1. The SMILES string of the molecule is COCCn1nc(C2CCCN(C(=O)c3cncc(Br)c3)C2)n(C2CC2)c1=O. The Labute approximate surface area is 171 Å². The summed E-state index contributed by atoms with van der Waals surface area (Å²) in [6.07, 6.45) is 7.10. The lowest BCUT2D eigenvalue weighted by Gasteiger charge is -2.32. The first-order chi connectivity index (χ1) is 13.6. The number of hydrogen-bond acceptors (Lipinski definition) is 5. The molecule has 2 fully saturated rings. The predicted octanol–water partition coefficient (Wildman–Crippen LogP) is 2.20. The van der Waals surface area contributed by atoms with E-state index < -0.39 is 0 Å². The third-order valence-electron chi connectivity index (χ3n) is 5.34. The average molecular weight is 450 g/mol. The topological polar surface area (TPSA) is 82.2 Å². The second-order valence-corrected chi connectivity index (χ2v) is 8.36. The number of rotatable bonds is 6. The van der Waals surface area contributed by atoms with Crippen molar-refractivity contribution in [2.75, 3.05) is 26.8 Å². The largest absolute Gasteiger partial charge is 0.383 e. The molecule has 0 spiro atoms. The van der Waals surface area contributed by atoms with E-state index in [1.165, 1.54) is 4.68 Å². The quantitative estimate of drug-likeness (QED) is 0.674. The highest BCUT2D eigenvalue weighted by molar-refractivity contribution is 9.10. The van der Waals surface area contributed by atoms with Gasteiger partial charge in [-0.1, -0.05) is 0 Å². The minimum Gasteiger partial charge on any atom is -0.383 e. The third-order valence-corrected chi connectivity index (χ3v) is 5.78. The summed E-state index contributed by atoms with van der Waals surface area (Å²) in [5, 5.41) is 4.64. The van der Waals surface area contributed by atoms with Gasteiger partial charge in [-0.05, 0) is 47.7 Å². The molecular weight excluding hydrogens is 426 g/mol. The molecule has 0 bridgehead atoms. The number of nitrogens with zero attached hydrogens (tertiary/aromatic N) is 5. The number of ether oxygens (including phenoxy) is 1. The number of carbonyl (C=O) groups is 1. The number of amides is 1. The summed E-state index contributed by atoms with van der Waals surface area (Å²) in [7, 11) is 1.62. The predicted molar refractivity (Wildman–Crippen MR) is 106 cm³/mol. The van der Waals surface area contributed by atoms with Crippen LogP contribution in [0.1, 0.15) is 53.8 Å². The van der Waals surface area contributed by atoms with Crippen LogP contribution in [-0.2, 0) is 11.3 Å². The Morgan fingerprint density at radius 1 is 1.32 bits per heavy atom. The van der Waals surface area contributed by atoms with Gasteiger partial charge in [0.1, 0.15) is 5.82 Å². The van der Waals surface area contributed by atoms with Crippen LogP contribution in [0.15, 0.2) is 27.7 Å². The second kappa shape index (κ2) is 8.16. The highest BCUT2D eigenvalue weighted by Crippen LogP contribution is 2.37. The minimum absolute atomic E-state index is 0.0300. The molecule has 2 aromatic rings. The summed E-state index contributed by atoms with van der Waals surface area (Å²) in [5.41, 5.74) is 0.509. The van der Waals surface area contributed by atoms with Crippen molar-refractivity contribution in [3.63, 3.8) is 0 Å². The van der Waals surface area contributed by atoms with Crippen molar-refractivity contribution in [3.05, 3.63) is 44.8 Å². The van der Waals surface area contributed by atoms with Crippen LogP contribution >= 0.6 is 15.9 Å². The van der Waals surface area contributed by atoms with E-state index in [2.05, 4.69) is 26.0 Å². The van der Waals surface area contributed by atoms with E-state index in [1.54, 1.807) is 25.6 Å². The molecule has 1 aliphatic carbocycles. The van der Waals surface area contributed by atoms with Crippen LogP contribution in [0.2, 0.25) is 0 Å². The van der Waals surface area contributed by atoms with E-state index >= 15 is 0 Å². The standard InChI is InChI=1S/C19H24BrN5O3/c1-28-8-7-24-19(27)25(16-4-5-16)17(22-24)13-3-2-6-23(12-13)18(26)14-9-15(20)11-21-10-14/h9-11,13,16H,2-8,12H2,1H3. The number of halogens is 1. The molecule has 8 nitrogen and oxygen atoms in total. The molecule has 150 valence electrons. The molecule has 4 rings (SSSR count). The van der Waals surface area contributed by atoms with Crippen LogP contribution in [0.3, 0.4) is 0 Å². The van der Waals surface area contributed by atoms with E-state index in [1.807, 2.05) is 9.47 Å². The third kappa shape index (κ3) is 3.91. The molecule has 1 atom stereocenters. The fourth-order valence-electron chi connectivity index (χ4n) is 3.80. The second-order valence-electron chi connectivity index (χ2n) is 7.44. The summed E-state index contributed by atoms with van der Waals surface area (Å²) in [6, 6.07) is 2.04. The first-order valence-electron chi connectivity index (χ1n) is 9.66. The lowest BCUT2D eigenvalue weighted by Crippen LogP contribution is -2.40. The van der Waals surface area contributed by atoms with Gasteiger partial charge in [-0.3, -0.25) is 14.3 Å². The van der Waals surface area contributed by atoms with Crippen LogP contribution in [0.4, 0.5) is 0 Å². The van der Waals surface area contributed by atoms with Crippen LogP contribution < -0.4 is 5.69 Å². The van der Waals surface area contributed by atoms with E-state index in [0.29, 0.717) is 31.8 Å². The lowest BCUT2D eigenvalue weighted by atomic mass is 9.96. The maximum atomic E-state index is 12.9. The summed E-state index contributed by atoms with van der Waals surface area (Å²) < 4.78 is 9.26. The molecule has 3 heterocycles. The maximum Gasteiger partial charge on any atom is 0.346 e. The van der Waals surface area contributed by atoms with Gasteiger partial charge in [0.2, 0.25) is 0 Å². The Morgan fingerprint density at radius 3 is 2.86 bits per heavy atom. The van der Waals surface area contributed by atoms with Crippen LogP contribution in [0, 0.1) is 0 Å². The first-order valence-corrected chi connectivity index (χ1v) is 10.5. The first kappa shape index (κ1) is 19.3. The Balaban J connectivity index is 1.58. The number of methoxy groups -OCH3 is 1. The Bertz CT molecular complexity index is 921. The van der Waals surface area contributed by atoms with Gasteiger partial charge >= 0.3 is 5.69 Å². The molecule has 1 saturated carbocycles. The van der Waals surface area contributed by atoms with E-state index in [-0.39, 0.29) is 23.6 Å². The molecule has 2 aromatic heterocycles. The molecule has 0 aromatic carbocycles. The van der Waals surface area contributed by atoms with Gasteiger partial charge in [-0.15, -0.1) is 0 Å². The number of hydrogen-bond donors (Lipinski definition) is 0. The molecule has 1 aliphatic heterocycles. The minimum atomic E-state index is -0.0609. The lowest BCUT2D eigenvalue weighted by molar-refractivity contribution is 0.0702. The van der Waals surface area contributed by atoms with Gasteiger partial charge in [0.05, 0.1) is 18.7 Å². The Hall–Kier alpha value is -2.00. The molecule has 9 heteroatoms. The molecule has 1 saturated heterocycles. The highest BCUT2D eigenvalue weighted by atomic mass is 79.9. The van der Waals surface area contributed by atoms with E-state index in [4.69, 9.17) is 4.74 Å². The fourth-order valence-corrected chi connectivity index (χ4v) is 4.16. The Morgan fingerprint density at radius 2 is 2.14 bits per heavy atom. The zero-order valence-corrected chi connectivity index (χ0v) is 17.5. The van der Waals surface area contributed by atoms with Gasteiger partial charge in [0.25, 0.3) is 5.91 Å².